The highest BCUT2D eigenvalue weighted by Gasteiger charge is 2.11. The van der Waals surface area contributed by atoms with Gasteiger partial charge in [-0.15, -0.1) is 0 Å². The van der Waals surface area contributed by atoms with Crippen LogP contribution < -0.4 is 5.73 Å². The van der Waals surface area contributed by atoms with Crippen LogP contribution in [0.4, 0.5) is 0 Å². The molecule has 0 radical (unpaired) electrons. The van der Waals surface area contributed by atoms with Crippen LogP contribution in [0.3, 0.4) is 0 Å². The molecule has 0 aliphatic carbocycles. The molecule has 0 aromatic carbocycles. The van der Waals surface area contributed by atoms with Crippen LogP contribution >= 0.6 is 11.6 Å². The van der Waals surface area contributed by atoms with Gasteiger partial charge in [0, 0.05) is 5.92 Å². The molecule has 0 heterocycles. The van der Waals surface area contributed by atoms with Crippen LogP contribution in [0.1, 0.15) is 59.3 Å². The van der Waals surface area contributed by atoms with Crippen LogP contribution in [-0.4, -0.2) is 11.8 Å². The molecule has 1 atom stereocenters. The fourth-order valence-electron chi connectivity index (χ4n) is 1.13. The highest BCUT2D eigenvalue weighted by molar-refractivity contribution is 6.63. The molecule has 0 bridgehead atoms. The molecule has 0 amide bonds. The Morgan fingerprint density at radius 1 is 1.20 bits per heavy atom. The fraction of sp³-hybridized carbons (Fsp3) is 0.917. The van der Waals surface area contributed by atoms with Crippen molar-refractivity contribution >= 4 is 16.8 Å². The number of carbonyl (C=O) groups excluding carboxylic acids is 1. The van der Waals surface area contributed by atoms with E-state index in [1.807, 2.05) is 6.92 Å². The molecule has 15 heavy (non-hydrogen) atoms. The van der Waals surface area contributed by atoms with E-state index >= 15 is 0 Å². The van der Waals surface area contributed by atoms with Crippen molar-refractivity contribution in [1.29, 1.82) is 0 Å². The minimum Gasteiger partial charge on any atom is -0.330 e. The predicted molar refractivity (Wildman–Crippen MR) is 68.1 cm³/mol. The summed E-state index contributed by atoms with van der Waals surface area (Å²) in [6.45, 7) is 7.09. The van der Waals surface area contributed by atoms with E-state index in [1.54, 1.807) is 0 Å². The van der Waals surface area contributed by atoms with Gasteiger partial charge in [0.1, 0.15) is 0 Å². The maximum absolute atomic E-state index is 10.6. The molecular formula is C12H26ClNO. The van der Waals surface area contributed by atoms with Crippen molar-refractivity contribution in [2.75, 3.05) is 6.54 Å². The van der Waals surface area contributed by atoms with Crippen molar-refractivity contribution in [1.82, 2.24) is 0 Å². The first-order valence-corrected chi connectivity index (χ1v) is 6.41. The summed E-state index contributed by atoms with van der Waals surface area (Å²) in [5.74, 6) is 0.0987. The molecule has 0 saturated carbocycles. The summed E-state index contributed by atoms with van der Waals surface area (Å²) in [4.78, 5) is 10.6. The molecule has 2 N–H and O–H groups in total. The van der Waals surface area contributed by atoms with Crippen molar-refractivity contribution in [2.24, 2.45) is 11.7 Å². The topological polar surface area (TPSA) is 43.1 Å². The van der Waals surface area contributed by atoms with Crippen LogP contribution in [0.2, 0.25) is 0 Å². The number of nitrogens with two attached hydrogens (primary N) is 1. The maximum Gasteiger partial charge on any atom is 0.224 e. The standard InChI is InChI=1S/C8H15ClO.C4H11N/c1-3-5-6-7(4-2)8(9)10;1-2-3-4-5/h7H,3-6H2,1-2H3;2-5H2,1H3. The van der Waals surface area contributed by atoms with Gasteiger partial charge < -0.3 is 5.73 Å². The van der Waals surface area contributed by atoms with E-state index in [0.717, 1.165) is 32.2 Å². The second-order valence-electron chi connectivity index (χ2n) is 3.69. The van der Waals surface area contributed by atoms with Crippen LogP contribution in [0.5, 0.6) is 0 Å². The number of rotatable bonds is 7. The fourth-order valence-corrected chi connectivity index (χ4v) is 1.40. The van der Waals surface area contributed by atoms with Crippen LogP contribution in [0, 0.1) is 5.92 Å². The van der Waals surface area contributed by atoms with Gasteiger partial charge in [0.15, 0.2) is 0 Å². The number of hydrogen-bond donors (Lipinski definition) is 1. The van der Waals surface area contributed by atoms with E-state index in [2.05, 4.69) is 13.8 Å². The van der Waals surface area contributed by atoms with Crippen molar-refractivity contribution in [3.63, 3.8) is 0 Å². The van der Waals surface area contributed by atoms with Crippen LogP contribution in [-0.2, 0) is 4.79 Å². The van der Waals surface area contributed by atoms with Crippen molar-refractivity contribution in [2.45, 2.75) is 59.3 Å². The summed E-state index contributed by atoms with van der Waals surface area (Å²) in [5, 5.41) is -0.170. The Kier molecular flexibility index (Phi) is 16.1. The Labute approximate surface area is 99.6 Å². The normalized spacial score (nSPS) is 11.5. The largest absolute Gasteiger partial charge is 0.330 e. The zero-order valence-electron chi connectivity index (χ0n) is 10.4. The summed E-state index contributed by atoms with van der Waals surface area (Å²) in [6.07, 6.45) is 6.46. The van der Waals surface area contributed by atoms with Gasteiger partial charge in [-0.1, -0.05) is 40.0 Å². The SMILES string of the molecule is CCCCC(CC)C(=O)Cl.CCCCN. The Bertz CT molecular complexity index is 138. The molecule has 0 rings (SSSR count). The van der Waals surface area contributed by atoms with E-state index < -0.39 is 0 Å². The average Bonchev–Trinajstić information content (AvgIpc) is 2.20. The Morgan fingerprint density at radius 2 is 1.73 bits per heavy atom. The van der Waals surface area contributed by atoms with Gasteiger partial charge >= 0.3 is 0 Å². The number of halogens is 1. The maximum atomic E-state index is 10.6. The monoisotopic (exact) mass is 235 g/mol. The van der Waals surface area contributed by atoms with Gasteiger partial charge in [0.25, 0.3) is 0 Å². The lowest BCUT2D eigenvalue weighted by molar-refractivity contribution is -0.115. The van der Waals surface area contributed by atoms with Crippen LogP contribution in [0.15, 0.2) is 0 Å². The summed E-state index contributed by atoms with van der Waals surface area (Å²) in [7, 11) is 0. The van der Waals surface area contributed by atoms with Gasteiger partial charge in [-0.3, -0.25) is 4.79 Å². The first-order valence-electron chi connectivity index (χ1n) is 6.03. The Morgan fingerprint density at radius 3 is 1.93 bits per heavy atom. The molecule has 0 fully saturated rings. The molecule has 2 nitrogen and oxygen atoms in total. The van der Waals surface area contributed by atoms with Gasteiger partial charge in [-0.2, -0.15) is 0 Å². The molecule has 3 heteroatoms. The van der Waals surface area contributed by atoms with Crippen LogP contribution in [0.25, 0.3) is 0 Å². The lowest BCUT2D eigenvalue weighted by Gasteiger charge is -2.06. The Balaban J connectivity index is 0. The smallest absolute Gasteiger partial charge is 0.224 e. The zero-order valence-corrected chi connectivity index (χ0v) is 11.1. The number of unbranched alkanes of at least 4 members (excludes halogenated alkanes) is 2. The third-order valence-corrected chi connectivity index (χ3v) is 2.59. The predicted octanol–water partition coefficient (Wildman–Crippen LogP) is 3.71. The molecule has 92 valence electrons. The second-order valence-corrected chi connectivity index (χ2v) is 4.07. The van der Waals surface area contributed by atoms with Crippen molar-refractivity contribution in [3.05, 3.63) is 0 Å². The third-order valence-electron chi connectivity index (χ3n) is 2.28. The van der Waals surface area contributed by atoms with Gasteiger partial charge in [-0.05, 0) is 37.4 Å². The first kappa shape index (κ1) is 17.3. The minimum absolute atomic E-state index is 0.0987. The van der Waals surface area contributed by atoms with Crippen molar-refractivity contribution < 1.29 is 4.79 Å². The minimum atomic E-state index is -0.170. The van der Waals surface area contributed by atoms with E-state index in [9.17, 15) is 4.79 Å². The van der Waals surface area contributed by atoms with E-state index in [0.29, 0.717) is 0 Å². The molecule has 0 spiro atoms. The molecule has 0 aromatic heterocycles. The van der Waals surface area contributed by atoms with E-state index in [-0.39, 0.29) is 11.2 Å². The highest BCUT2D eigenvalue weighted by Crippen LogP contribution is 2.14. The van der Waals surface area contributed by atoms with Gasteiger partial charge in [-0.25, -0.2) is 0 Å². The molecule has 0 aromatic rings. The second kappa shape index (κ2) is 13.9. The molecular weight excluding hydrogens is 210 g/mol. The molecule has 0 aliphatic rings. The number of carbonyl (C=O) groups is 1. The van der Waals surface area contributed by atoms with E-state index in [4.69, 9.17) is 17.3 Å². The van der Waals surface area contributed by atoms with E-state index in [1.165, 1.54) is 12.8 Å². The highest BCUT2D eigenvalue weighted by atomic mass is 35.5. The summed E-state index contributed by atoms with van der Waals surface area (Å²) in [6, 6.07) is 0. The lowest BCUT2D eigenvalue weighted by Crippen LogP contribution is -2.06. The molecule has 0 aliphatic heterocycles. The number of hydrogen-bond acceptors (Lipinski definition) is 2. The quantitative estimate of drug-likeness (QED) is 0.684. The molecule has 1 unspecified atom stereocenters. The summed E-state index contributed by atoms with van der Waals surface area (Å²) in [5.41, 5.74) is 5.14. The Hall–Kier alpha value is -0.0800. The van der Waals surface area contributed by atoms with Gasteiger partial charge in [0.2, 0.25) is 5.24 Å². The summed E-state index contributed by atoms with van der Waals surface area (Å²) < 4.78 is 0. The summed E-state index contributed by atoms with van der Waals surface area (Å²) >= 11 is 5.34. The zero-order chi connectivity index (χ0) is 12.1. The van der Waals surface area contributed by atoms with Crippen molar-refractivity contribution in [3.8, 4) is 0 Å². The first-order chi connectivity index (χ1) is 7.13. The lowest BCUT2D eigenvalue weighted by atomic mass is 10.0. The molecule has 0 saturated heterocycles. The van der Waals surface area contributed by atoms with Gasteiger partial charge in [0.05, 0.1) is 0 Å². The third kappa shape index (κ3) is 13.9. The average molecular weight is 236 g/mol.